The average molecular weight is 265 g/mol. The molecule has 3 nitrogen and oxygen atoms in total. The van der Waals surface area contributed by atoms with Crippen LogP contribution in [0.1, 0.15) is 18.4 Å². The smallest absolute Gasteiger partial charge is 0.278 e. The number of likely N-dealkylation sites (tertiary alicyclic amines) is 1. The Bertz CT molecular complexity index is 542. The van der Waals surface area contributed by atoms with Crippen molar-refractivity contribution in [3.63, 3.8) is 0 Å². The number of hydrogen-bond donors (Lipinski definition) is 0. The van der Waals surface area contributed by atoms with Crippen molar-refractivity contribution < 1.29 is 18.3 Å². The average Bonchev–Trinajstić information content (AvgIpc) is 2.83. The fraction of sp³-hybridized carbons (Fsp3) is 0.357. The van der Waals surface area contributed by atoms with Crippen molar-refractivity contribution in [3.05, 3.63) is 35.9 Å². The maximum Gasteiger partial charge on any atom is 0.278 e. The molecule has 0 N–H and O–H groups in total. The summed E-state index contributed by atoms with van der Waals surface area (Å²) >= 11 is 0. The van der Waals surface area contributed by atoms with E-state index in [9.17, 15) is 13.6 Å². The van der Waals surface area contributed by atoms with Crippen LogP contribution in [0.25, 0.3) is 5.70 Å². The lowest BCUT2D eigenvalue weighted by atomic mass is 10.0. The zero-order chi connectivity index (χ0) is 13.4. The Morgan fingerprint density at radius 2 is 2.11 bits per heavy atom. The molecule has 5 heteroatoms. The monoisotopic (exact) mass is 265 g/mol. The topological polar surface area (TPSA) is 29.5 Å². The zero-order valence-corrected chi connectivity index (χ0v) is 10.2. The molecule has 2 aliphatic heterocycles. The lowest BCUT2D eigenvalue weighted by molar-refractivity contribution is -0.125. The number of amides is 1. The summed E-state index contributed by atoms with van der Waals surface area (Å²) in [4.78, 5) is 13.4. The van der Waals surface area contributed by atoms with Gasteiger partial charge in [-0.25, -0.2) is 8.78 Å². The quantitative estimate of drug-likeness (QED) is 0.822. The van der Waals surface area contributed by atoms with Gasteiger partial charge in [0.1, 0.15) is 5.75 Å². The third kappa shape index (κ3) is 2.09. The van der Waals surface area contributed by atoms with Gasteiger partial charge < -0.3 is 9.64 Å². The number of carbonyl (C=O) groups excluding carboxylic acids is 1. The lowest BCUT2D eigenvalue weighted by Gasteiger charge is -2.29. The van der Waals surface area contributed by atoms with E-state index in [0.29, 0.717) is 30.0 Å². The van der Waals surface area contributed by atoms with E-state index in [-0.39, 0.29) is 5.91 Å². The Kier molecular flexibility index (Phi) is 2.97. The van der Waals surface area contributed by atoms with E-state index in [4.69, 9.17) is 4.74 Å². The minimum absolute atomic E-state index is 0.0176. The molecule has 1 unspecified atom stereocenters. The fourth-order valence-electron chi connectivity index (χ4n) is 2.47. The van der Waals surface area contributed by atoms with Gasteiger partial charge in [0, 0.05) is 18.5 Å². The number of para-hydroxylation sites is 1. The zero-order valence-electron chi connectivity index (χ0n) is 10.2. The predicted octanol–water partition coefficient (Wildman–Crippen LogP) is 2.68. The molecule has 3 rings (SSSR count). The number of nitrogens with zero attached hydrogens (tertiary/aromatic N) is 1. The number of fused-ring (bicyclic) bond motifs is 1. The van der Waals surface area contributed by atoms with Crippen molar-refractivity contribution in [1.29, 1.82) is 0 Å². The lowest BCUT2D eigenvalue weighted by Crippen LogP contribution is -2.32. The number of benzene rings is 1. The number of halogens is 2. The Morgan fingerprint density at radius 3 is 2.79 bits per heavy atom. The molecule has 100 valence electrons. The summed E-state index contributed by atoms with van der Waals surface area (Å²) < 4.78 is 31.1. The van der Waals surface area contributed by atoms with Gasteiger partial charge >= 0.3 is 0 Å². The Morgan fingerprint density at radius 1 is 1.32 bits per heavy atom. The van der Waals surface area contributed by atoms with Gasteiger partial charge in [0.15, 0.2) is 6.10 Å². The largest absolute Gasteiger partial charge is 0.480 e. The molecule has 0 saturated carbocycles. The minimum atomic E-state index is -2.61. The SMILES string of the molecule is O=C1CCCN1C1=CC(C(F)F)Oc2ccccc21. The first-order valence-electron chi connectivity index (χ1n) is 6.23. The van der Waals surface area contributed by atoms with Crippen molar-refractivity contribution in [2.24, 2.45) is 0 Å². The molecule has 19 heavy (non-hydrogen) atoms. The van der Waals surface area contributed by atoms with Crippen LogP contribution in [0.15, 0.2) is 30.3 Å². The molecule has 1 fully saturated rings. The van der Waals surface area contributed by atoms with Gasteiger partial charge in [-0.3, -0.25) is 4.79 Å². The number of hydrogen-bond acceptors (Lipinski definition) is 2. The minimum Gasteiger partial charge on any atom is -0.480 e. The van der Waals surface area contributed by atoms with Gasteiger partial charge in [-0.15, -0.1) is 0 Å². The molecule has 0 spiro atoms. The van der Waals surface area contributed by atoms with Gasteiger partial charge in [0.05, 0.1) is 5.70 Å². The summed E-state index contributed by atoms with van der Waals surface area (Å²) in [5.74, 6) is 0.390. The fourth-order valence-corrected chi connectivity index (χ4v) is 2.47. The van der Waals surface area contributed by atoms with Crippen LogP contribution in [0.4, 0.5) is 8.78 Å². The normalized spacial score (nSPS) is 22.3. The molecule has 1 amide bonds. The van der Waals surface area contributed by atoms with Gasteiger partial charge in [0.25, 0.3) is 6.43 Å². The molecular weight excluding hydrogens is 252 g/mol. The summed E-state index contributed by atoms with van der Waals surface area (Å²) in [6, 6.07) is 6.97. The van der Waals surface area contributed by atoms with Crippen molar-refractivity contribution in [1.82, 2.24) is 4.90 Å². The second-order valence-corrected chi connectivity index (χ2v) is 4.61. The Hall–Kier alpha value is -1.91. The number of rotatable bonds is 2. The molecule has 1 aromatic rings. The summed E-state index contributed by atoms with van der Waals surface area (Å²) in [7, 11) is 0. The summed E-state index contributed by atoms with van der Waals surface area (Å²) in [6.45, 7) is 0.578. The number of carbonyl (C=O) groups is 1. The Labute approximate surface area is 109 Å². The van der Waals surface area contributed by atoms with E-state index >= 15 is 0 Å². The third-order valence-electron chi connectivity index (χ3n) is 3.36. The van der Waals surface area contributed by atoms with E-state index < -0.39 is 12.5 Å². The van der Waals surface area contributed by atoms with Crippen molar-refractivity contribution in [2.75, 3.05) is 6.54 Å². The highest BCUT2D eigenvalue weighted by Crippen LogP contribution is 2.36. The summed E-state index contributed by atoms with van der Waals surface area (Å²) in [5.41, 5.74) is 1.25. The molecule has 0 radical (unpaired) electrons. The second kappa shape index (κ2) is 4.64. The van der Waals surface area contributed by atoms with Crippen molar-refractivity contribution in [3.8, 4) is 5.75 Å². The van der Waals surface area contributed by atoms with Crippen LogP contribution in [-0.4, -0.2) is 29.9 Å². The van der Waals surface area contributed by atoms with Crippen LogP contribution in [0.5, 0.6) is 5.75 Å². The highest BCUT2D eigenvalue weighted by atomic mass is 19.3. The molecule has 1 saturated heterocycles. The van der Waals surface area contributed by atoms with E-state index in [0.717, 1.165) is 6.42 Å². The first-order chi connectivity index (χ1) is 9.16. The van der Waals surface area contributed by atoms with Gasteiger partial charge in [-0.2, -0.15) is 0 Å². The number of alkyl halides is 2. The van der Waals surface area contributed by atoms with E-state index in [1.165, 1.54) is 6.08 Å². The van der Waals surface area contributed by atoms with Gasteiger partial charge in [0.2, 0.25) is 5.91 Å². The molecule has 2 heterocycles. The van der Waals surface area contributed by atoms with Crippen LogP contribution in [0.2, 0.25) is 0 Å². The maximum absolute atomic E-state index is 12.9. The first kappa shape index (κ1) is 12.1. The molecule has 0 aromatic heterocycles. The van der Waals surface area contributed by atoms with Crippen LogP contribution in [-0.2, 0) is 4.79 Å². The van der Waals surface area contributed by atoms with Crippen LogP contribution in [0.3, 0.4) is 0 Å². The van der Waals surface area contributed by atoms with Crippen LogP contribution < -0.4 is 4.74 Å². The summed E-state index contributed by atoms with van der Waals surface area (Å²) in [6.07, 6.45) is -1.31. The van der Waals surface area contributed by atoms with Gasteiger partial charge in [-0.1, -0.05) is 12.1 Å². The standard InChI is InChI=1S/C14H13F2NO2/c15-14(16)12-8-10(17-7-3-6-13(17)18)9-4-1-2-5-11(9)19-12/h1-2,4-5,8,12,14H,3,6-7H2. The molecular formula is C14H13F2NO2. The number of ether oxygens (including phenoxy) is 1. The first-order valence-corrected chi connectivity index (χ1v) is 6.23. The highest BCUT2D eigenvalue weighted by Gasteiger charge is 2.33. The van der Waals surface area contributed by atoms with Crippen LogP contribution in [0, 0.1) is 0 Å². The van der Waals surface area contributed by atoms with Crippen molar-refractivity contribution >= 4 is 11.6 Å². The van der Waals surface area contributed by atoms with E-state index in [1.807, 2.05) is 0 Å². The van der Waals surface area contributed by atoms with Crippen LogP contribution >= 0.6 is 0 Å². The second-order valence-electron chi connectivity index (χ2n) is 4.61. The summed E-state index contributed by atoms with van der Waals surface area (Å²) in [5, 5.41) is 0. The van der Waals surface area contributed by atoms with Gasteiger partial charge in [-0.05, 0) is 24.6 Å². The third-order valence-corrected chi connectivity index (χ3v) is 3.36. The van der Waals surface area contributed by atoms with Crippen molar-refractivity contribution in [2.45, 2.75) is 25.4 Å². The molecule has 0 aliphatic carbocycles. The Balaban J connectivity index is 2.04. The maximum atomic E-state index is 12.9. The van der Waals surface area contributed by atoms with E-state index in [1.54, 1.807) is 29.2 Å². The molecule has 2 aliphatic rings. The molecule has 0 bridgehead atoms. The predicted molar refractivity (Wildman–Crippen MR) is 65.8 cm³/mol. The highest BCUT2D eigenvalue weighted by molar-refractivity contribution is 5.90. The van der Waals surface area contributed by atoms with E-state index in [2.05, 4.69) is 0 Å². The molecule has 1 aromatic carbocycles. The molecule has 1 atom stereocenters.